The second kappa shape index (κ2) is 6.22. The molecule has 1 spiro atoms. The summed E-state index contributed by atoms with van der Waals surface area (Å²) in [5, 5.41) is 12.1. The number of benzene rings is 1. The van der Waals surface area contributed by atoms with Crippen molar-refractivity contribution in [2.45, 2.75) is 63.6 Å². The van der Waals surface area contributed by atoms with Crippen molar-refractivity contribution in [2.24, 2.45) is 7.05 Å². The van der Waals surface area contributed by atoms with E-state index in [-0.39, 0.29) is 11.6 Å². The molecule has 3 atom stereocenters. The minimum Gasteiger partial charge on any atom is -0.370 e. The molecule has 5 nitrogen and oxygen atoms in total. The third kappa shape index (κ3) is 3.00. The Bertz CT molecular complexity index is 769. The molecule has 0 amide bonds. The van der Waals surface area contributed by atoms with Crippen molar-refractivity contribution in [3.05, 3.63) is 46.8 Å². The normalized spacial score (nSPS) is 29.2. The van der Waals surface area contributed by atoms with Gasteiger partial charge in [-0.3, -0.25) is 4.68 Å². The minimum atomic E-state index is -0.212. The highest BCUT2D eigenvalue weighted by molar-refractivity contribution is 5.40. The smallest absolute Gasteiger partial charge is 0.0997 e. The molecule has 25 heavy (non-hydrogen) atoms. The third-order valence-electron chi connectivity index (χ3n) is 5.67. The molecule has 2 aliphatic rings. The fourth-order valence-electron chi connectivity index (χ4n) is 4.48. The predicted molar refractivity (Wildman–Crippen MR) is 97.4 cm³/mol. The first-order valence-corrected chi connectivity index (χ1v) is 9.36. The van der Waals surface area contributed by atoms with E-state index in [0.717, 1.165) is 31.6 Å². The Morgan fingerprint density at radius 3 is 2.88 bits per heavy atom. The van der Waals surface area contributed by atoms with Gasteiger partial charge in [0.05, 0.1) is 23.9 Å². The summed E-state index contributed by atoms with van der Waals surface area (Å²) in [6.07, 6.45) is 4.92. The molecule has 0 unspecified atom stereocenters. The number of nitrogens with zero attached hydrogens (tertiary/aromatic N) is 3. The molecule has 5 heteroatoms. The lowest BCUT2D eigenvalue weighted by Crippen LogP contribution is -2.50. The fraction of sp³-hybridized carbons (Fsp3) is 0.600. The molecular formula is C20H28N4O. The van der Waals surface area contributed by atoms with Gasteiger partial charge in [0.25, 0.3) is 0 Å². The molecule has 0 saturated carbocycles. The maximum absolute atomic E-state index is 6.47. The van der Waals surface area contributed by atoms with Crippen LogP contribution in [-0.4, -0.2) is 27.6 Å². The van der Waals surface area contributed by atoms with Crippen LogP contribution >= 0.6 is 0 Å². The summed E-state index contributed by atoms with van der Waals surface area (Å²) in [5.74, 6) is 0.559. The van der Waals surface area contributed by atoms with Gasteiger partial charge in [-0.05, 0) is 42.4 Å². The van der Waals surface area contributed by atoms with Gasteiger partial charge in [-0.2, -0.15) is 0 Å². The van der Waals surface area contributed by atoms with Gasteiger partial charge >= 0.3 is 0 Å². The van der Waals surface area contributed by atoms with Crippen LogP contribution in [0.4, 0.5) is 0 Å². The van der Waals surface area contributed by atoms with Crippen LogP contribution in [-0.2, 0) is 23.8 Å². The van der Waals surface area contributed by atoms with Crippen molar-refractivity contribution < 1.29 is 4.74 Å². The van der Waals surface area contributed by atoms with E-state index in [2.05, 4.69) is 54.6 Å². The predicted octanol–water partition coefficient (Wildman–Crippen LogP) is 3.22. The molecule has 0 aliphatic carbocycles. The Morgan fingerprint density at radius 1 is 1.32 bits per heavy atom. The largest absolute Gasteiger partial charge is 0.370 e. The average molecular weight is 340 g/mol. The number of hydrogen-bond donors (Lipinski definition) is 1. The molecular weight excluding hydrogens is 312 g/mol. The van der Waals surface area contributed by atoms with Gasteiger partial charge < -0.3 is 10.1 Å². The summed E-state index contributed by atoms with van der Waals surface area (Å²) >= 11 is 0. The summed E-state index contributed by atoms with van der Waals surface area (Å²) in [4.78, 5) is 0. The molecule has 0 radical (unpaired) electrons. The summed E-state index contributed by atoms with van der Waals surface area (Å²) in [7, 11) is 1.92. The third-order valence-corrected chi connectivity index (χ3v) is 5.67. The van der Waals surface area contributed by atoms with E-state index in [4.69, 9.17) is 4.74 Å². The zero-order valence-corrected chi connectivity index (χ0v) is 15.6. The van der Waals surface area contributed by atoms with Crippen LogP contribution in [0.25, 0.3) is 0 Å². The van der Waals surface area contributed by atoms with Crippen LogP contribution in [0.15, 0.2) is 24.4 Å². The summed E-state index contributed by atoms with van der Waals surface area (Å²) in [5.41, 5.74) is 5.05. The minimum absolute atomic E-state index is 0.174. The van der Waals surface area contributed by atoms with Crippen LogP contribution in [0.3, 0.4) is 0 Å². The molecule has 3 heterocycles. The number of hydrogen-bond acceptors (Lipinski definition) is 4. The highest BCUT2D eigenvalue weighted by atomic mass is 16.5. The summed E-state index contributed by atoms with van der Waals surface area (Å²) in [6, 6.07) is 7.54. The van der Waals surface area contributed by atoms with Gasteiger partial charge in [0.15, 0.2) is 0 Å². The van der Waals surface area contributed by atoms with Gasteiger partial charge in [0.1, 0.15) is 0 Å². The topological polar surface area (TPSA) is 52.0 Å². The zero-order valence-electron chi connectivity index (χ0n) is 15.6. The first-order chi connectivity index (χ1) is 12.0. The Labute approximate surface area is 149 Å². The Kier molecular flexibility index (Phi) is 4.16. The summed E-state index contributed by atoms with van der Waals surface area (Å²) < 4.78 is 8.24. The molecule has 2 aromatic rings. The van der Waals surface area contributed by atoms with E-state index in [1.165, 1.54) is 16.7 Å². The van der Waals surface area contributed by atoms with E-state index >= 15 is 0 Å². The molecule has 134 valence electrons. The number of fused-ring (bicyclic) bond motifs is 2. The lowest BCUT2D eigenvalue weighted by atomic mass is 9.74. The number of piperidine rings is 1. The van der Waals surface area contributed by atoms with Gasteiger partial charge in [-0.15, -0.1) is 5.10 Å². The molecule has 1 N–H and O–H groups in total. The molecule has 0 bridgehead atoms. The van der Waals surface area contributed by atoms with Crippen molar-refractivity contribution in [3.63, 3.8) is 0 Å². The Morgan fingerprint density at radius 2 is 2.16 bits per heavy atom. The van der Waals surface area contributed by atoms with E-state index < -0.39 is 0 Å². The molecule has 1 saturated heterocycles. The molecule has 2 aliphatic heterocycles. The number of rotatable bonds is 2. The van der Waals surface area contributed by atoms with Gasteiger partial charge in [-0.1, -0.05) is 37.3 Å². The molecule has 1 aromatic carbocycles. The van der Waals surface area contributed by atoms with E-state index in [9.17, 15) is 0 Å². The molecule has 1 aromatic heterocycles. The van der Waals surface area contributed by atoms with Crippen molar-refractivity contribution >= 4 is 0 Å². The van der Waals surface area contributed by atoms with Crippen LogP contribution < -0.4 is 5.32 Å². The molecule has 1 fully saturated rings. The first kappa shape index (κ1) is 16.7. The van der Waals surface area contributed by atoms with Crippen LogP contribution in [0, 0.1) is 0 Å². The number of aryl methyl sites for hydroxylation is 1. The van der Waals surface area contributed by atoms with Crippen LogP contribution in [0.2, 0.25) is 0 Å². The zero-order chi connectivity index (χ0) is 17.6. The highest BCUT2D eigenvalue weighted by Gasteiger charge is 2.45. The Hall–Kier alpha value is -1.72. The SMILES string of the molecule is CC(C)c1ccc2c(c1)CCO[C@@]21C[C@@H](c2cn(C)nn2)N[C@@H](C)C1. The van der Waals surface area contributed by atoms with E-state index in [1.54, 1.807) is 4.68 Å². The quantitative estimate of drug-likeness (QED) is 0.912. The van der Waals surface area contributed by atoms with Gasteiger partial charge in [-0.25, -0.2) is 0 Å². The van der Waals surface area contributed by atoms with Crippen molar-refractivity contribution in [1.29, 1.82) is 0 Å². The first-order valence-electron chi connectivity index (χ1n) is 9.36. The second-order valence-electron chi connectivity index (χ2n) is 8.01. The van der Waals surface area contributed by atoms with Crippen LogP contribution in [0.1, 0.15) is 68.0 Å². The maximum atomic E-state index is 6.47. The van der Waals surface area contributed by atoms with Crippen LogP contribution in [0.5, 0.6) is 0 Å². The number of ether oxygens (including phenoxy) is 1. The lowest BCUT2D eigenvalue weighted by Gasteiger charge is -2.47. The van der Waals surface area contributed by atoms with Gasteiger partial charge in [0, 0.05) is 25.7 Å². The average Bonchev–Trinajstić information content (AvgIpc) is 3.01. The lowest BCUT2D eigenvalue weighted by molar-refractivity contribution is -0.0987. The Balaban J connectivity index is 1.72. The number of nitrogens with one attached hydrogen (secondary N) is 1. The number of aromatic nitrogens is 3. The highest BCUT2D eigenvalue weighted by Crippen LogP contribution is 2.46. The molecule has 4 rings (SSSR count). The standard InChI is InChI=1S/C20H28N4O/c1-13(2)15-5-6-17-16(9-15)7-8-25-20(17)10-14(3)21-18(11-20)19-12-24(4)23-22-19/h5-6,9,12-14,18,21H,7-8,10-11H2,1-4H3/t14-,18-,20-/m0/s1. The van der Waals surface area contributed by atoms with Crippen molar-refractivity contribution in [1.82, 2.24) is 20.3 Å². The monoisotopic (exact) mass is 340 g/mol. The summed E-state index contributed by atoms with van der Waals surface area (Å²) in [6.45, 7) is 7.56. The van der Waals surface area contributed by atoms with Crippen molar-refractivity contribution in [3.8, 4) is 0 Å². The van der Waals surface area contributed by atoms with E-state index in [1.807, 2.05) is 13.2 Å². The van der Waals surface area contributed by atoms with E-state index in [0.29, 0.717) is 12.0 Å². The fourth-order valence-corrected chi connectivity index (χ4v) is 4.48. The second-order valence-corrected chi connectivity index (χ2v) is 8.01. The maximum Gasteiger partial charge on any atom is 0.0997 e. The van der Waals surface area contributed by atoms with Crippen molar-refractivity contribution in [2.75, 3.05) is 6.61 Å². The van der Waals surface area contributed by atoms with Gasteiger partial charge in [0.2, 0.25) is 0 Å².